The first-order chi connectivity index (χ1) is 9.47. The molecular weight excluding hydrogens is 331 g/mol. The Morgan fingerprint density at radius 3 is 2.70 bits per heavy atom. The van der Waals surface area contributed by atoms with Crippen LogP contribution in [0.4, 0.5) is 4.39 Å². The molecule has 0 saturated heterocycles. The van der Waals surface area contributed by atoms with Crippen LogP contribution in [0.3, 0.4) is 0 Å². The molecule has 2 rings (SSSR count). The summed E-state index contributed by atoms with van der Waals surface area (Å²) in [6, 6.07) is 8.56. The molecule has 0 heterocycles. The molecule has 0 aliphatic carbocycles. The van der Waals surface area contributed by atoms with Crippen molar-refractivity contribution in [1.29, 1.82) is 0 Å². The molecule has 0 fully saturated rings. The first kappa shape index (κ1) is 14.3. The smallest absolute Gasteiger partial charge is 0.339 e. The molecule has 20 heavy (non-hydrogen) atoms. The summed E-state index contributed by atoms with van der Waals surface area (Å²) in [4.78, 5) is 11.0. The van der Waals surface area contributed by atoms with E-state index in [1.54, 1.807) is 12.1 Å². The Morgan fingerprint density at radius 2 is 2.05 bits per heavy atom. The molecule has 4 nitrogen and oxygen atoms in total. The predicted molar refractivity (Wildman–Crippen MR) is 73.5 cm³/mol. The van der Waals surface area contributed by atoms with E-state index in [1.807, 2.05) is 0 Å². The zero-order valence-corrected chi connectivity index (χ0v) is 11.7. The first-order valence-electron chi connectivity index (χ1n) is 5.60. The van der Waals surface area contributed by atoms with Crippen LogP contribution in [-0.4, -0.2) is 16.2 Å². The number of benzene rings is 2. The average Bonchev–Trinajstić information content (AvgIpc) is 2.39. The fourth-order valence-electron chi connectivity index (χ4n) is 1.61. The molecular formula is C14H10BrFO4. The Morgan fingerprint density at radius 1 is 1.30 bits per heavy atom. The van der Waals surface area contributed by atoms with Gasteiger partial charge >= 0.3 is 5.97 Å². The third-order valence-corrected chi connectivity index (χ3v) is 3.17. The molecule has 104 valence electrons. The summed E-state index contributed by atoms with van der Waals surface area (Å²) in [6.07, 6.45) is 0. The number of hydrogen-bond acceptors (Lipinski definition) is 3. The lowest BCUT2D eigenvalue weighted by molar-refractivity contribution is 0.0693. The minimum Gasteiger partial charge on any atom is -0.506 e. The lowest BCUT2D eigenvalue weighted by Crippen LogP contribution is -2.00. The molecule has 0 radical (unpaired) electrons. The molecule has 0 aliphatic rings. The number of hydrogen-bond donors (Lipinski definition) is 2. The maximum absolute atomic E-state index is 13.0. The van der Waals surface area contributed by atoms with Crippen molar-refractivity contribution in [2.24, 2.45) is 0 Å². The summed E-state index contributed by atoms with van der Waals surface area (Å²) in [5.41, 5.74) is 0.347. The van der Waals surface area contributed by atoms with Gasteiger partial charge in [-0.1, -0.05) is 12.1 Å². The fourth-order valence-corrected chi connectivity index (χ4v) is 2.05. The Labute approximate surface area is 122 Å². The molecule has 2 N–H and O–H groups in total. The number of aromatic hydroxyl groups is 1. The number of ether oxygens (including phenoxy) is 1. The van der Waals surface area contributed by atoms with Gasteiger partial charge in [-0.15, -0.1) is 0 Å². The van der Waals surface area contributed by atoms with Gasteiger partial charge in [-0.05, 0) is 45.8 Å². The highest BCUT2D eigenvalue weighted by molar-refractivity contribution is 9.10. The molecule has 6 heteroatoms. The normalized spacial score (nSPS) is 10.3. The SMILES string of the molecule is O=C(O)c1cc(OCc2cccc(F)c2)cc(Br)c1O. The van der Waals surface area contributed by atoms with E-state index < -0.39 is 5.97 Å². The summed E-state index contributed by atoms with van der Waals surface area (Å²) < 4.78 is 18.6. The molecule has 0 aliphatic heterocycles. The number of carboxylic acid groups (broad SMARTS) is 1. The Kier molecular flexibility index (Phi) is 4.24. The van der Waals surface area contributed by atoms with Gasteiger partial charge < -0.3 is 14.9 Å². The van der Waals surface area contributed by atoms with Crippen LogP contribution in [0.25, 0.3) is 0 Å². The van der Waals surface area contributed by atoms with Gasteiger partial charge in [0, 0.05) is 0 Å². The number of carboxylic acids is 1. The molecule has 2 aromatic rings. The van der Waals surface area contributed by atoms with Crippen molar-refractivity contribution in [2.75, 3.05) is 0 Å². The van der Waals surface area contributed by atoms with Crippen LogP contribution in [0.2, 0.25) is 0 Å². The number of carbonyl (C=O) groups is 1. The van der Waals surface area contributed by atoms with E-state index in [4.69, 9.17) is 9.84 Å². The highest BCUT2D eigenvalue weighted by Crippen LogP contribution is 2.33. The predicted octanol–water partition coefficient (Wildman–Crippen LogP) is 3.57. The zero-order chi connectivity index (χ0) is 14.7. The number of halogens is 2. The molecule has 0 unspecified atom stereocenters. The van der Waals surface area contributed by atoms with Crippen LogP contribution in [0.5, 0.6) is 11.5 Å². The van der Waals surface area contributed by atoms with Crippen molar-refractivity contribution in [3.63, 3.8) is 0 Å². The van der Waals surface area contributed by atoms with Gasteiger partial charge in [0.15, 0.2) is 0 Å². The molecule has 0 amide bonds. The molecule has 0 bridgehead atoms. The van der Waals surface area contributed by atoms with Crippen molar-refractivity contribution in [3.05, 3.63) is 57.8 Å². The maximum Gasteiger partial charge on any atom is 0.339 e. The summed E-state index contributed by atoms with van der Waals surface area (Å²) in [5.74, 6) is -1.74. The van der Waals surface area contributed by atoms with Crippen LogP contribution >= 0.6 is 15.9 Å². The van der Waals surface area contributed by atoms with Gasteiger partial charge in [0.2, 0.25) is 0 Å². The van der Waals surface area contributed by atoms with Crippen LogP contribution in [-0.2, 0) is 6.61 Å². The molecule has 0 atom stereocenters. The van der Waals surface area contributed by atoms with Gasteiger partial charge in [-0.25, -0.2) is 9.18 Å². The Hall–Kier alpha value is -2.08. The van der Waals surface area contributed by atoms with E-state index in [0.29, 0.717) is 5.56 Å². The minimum absolute atomic E-state index is 0.0913. The lowest BCUT2D eigenvalue weighted by Gasteiger charge is -2.09. The number of aromatic carboxylic acids is 1. The Bertz CT molecular complexity index is 658. The Balaban J connectivity index is 2.20. The van der Waals surface area contributed by atoms with E-state index >= 15 is 0 Å². The number of phenols is 1. The number of rotatable bonds is 4. The van der Waals surface area contributed by atoms with Gasteiger partial charge in [0.25, 0.3) is 0 Å². The van der Waals surface area contributed by atoms with Crippen LogP contribution < -0.4 is 4.74 Å². The maximum atomic E-state index is 13.0. The second-order valence-corrected chi connectivity index (χ2v) is 4.88. The molecule has 0 spiro atoms. The van der Waals surface area contributed by atoms with Crippen LogP contribution in [0.1, 0.15) is 15.9 Å². The second kappa shape index (κ2) is 5.92. The fraction of sp³-hybridized carbons (Fsp3) is 0.0714. The summed E-state index contributed by atoms with van der Waals surface area (Å²) in [6.45, 7) is 0.0913. The van der Waals surface area contributed by atoms with Gasteiger partial charge in [0.1, 0.15) is 29.5 Å². The van der Waals surface area contributed by atoms with Crippen LogP contribution in [0.15, 0.2) is 40.9 Å². The van der Waals surface area contributed by atoms with E-state index in [-0.39, 0.29) is 34.0 Å². The molecule has 0 aromatic heterocycles. The standard InChI is InChI=1S/C14H10BrFO4/c15-12-6-10(5-11(13(12)17)14(18)19)20-7-8-2-1-3-9(16)4-8/h1-6,17H,7H2,(H,18,19). The largest absolute Gasteiger partial charge is 0.506 e. The van der Waals surface area contributed by atoms with Crippen molar-refractivity contribution in [1.82, 2.24) is 0 Å². The highest BCUT2D eigenvalue weighted by atomic mass is 79.9. The topological polar surface area (TPSA) is 66.8 Å². The van der Waals surface area contributed by atoms with Crippen molar-refractivity contribution >= 4 is 21.9 Å². The second-order valence-electron chi connectivity index (χ2n) is 4.03. The summed E-state index contributed by atoms with van der Waals surface area (Å²) >= 11 is 3.05. The van der Waals surface area contributed by atoms with Crippen LogP contribution in [0, 0.1) is 5.82 Å². The minimum atomic E-state index is -1.26. The zero-order valence-electron chi connectivity index (χ0n) is 10.1. The third kappa shape index (κ3) is 3.27. The molecule has 2 aromatic carbocycles. The van der Waals surface area contributed by atoms with E-state index in [1.165, 1.54) is 24.3 Å². The van der Waals surface area contributed by atoms with E-state index in [2.05, 4.69) is 15.9 Å². The van der Waals surface area contributed by atoms with Crippen molar-refractivity contribution < 1.29 is 24.1 Å². The van der Waals surface area contributed by atoms with Gasteiger partial charge in [-0.3, -0.25) is 0 Å². The van der Waals surface area contributed by atoms with E-state index in [0.717, 1.165) is 0 Å². The summed E-state index contributed by atoms with van der Waals surface area (Å²) in [7, 11) is 0. The van der Waals surface area contributed by atoms with Gasteiger partial charge in [0.05, 0.1) is 4.47 Å². The highest BCUT2D eigenvalue weighted by Gasteiger charge is 2.15. The third-order valence-electron chi connectivity index (χ3n) is 2.56. The van der Waals surface area contributed by atoms with Crippen molar-refractivity contribution in [2.45, 2.75) is 6.61 Å². The summed E-state index contributed by atoms with van der Waals surface area (Å²) in [5, 5.41) is 18.5. The first-order valence-corrected chi connectivity index (χ1v) is 6.39. The average molecular weight is 341 g/mol. The monoisotopic (exact) mass is 340 g/mol. The van der Waals surface area contributed by atoms with E-state index in [9.17, 15) is 14.3 Å². The lowest BCUT2D eigenvalue weighted by atomic mass is 10.2. The van der Waals surface area contributed by atoms with Crippen molar-refractivity contribution in [3.8, 4) is 11.5 Å². The quantitative estimate of drug-likeness (QED) is 0.892. The van der Waals surface area contributed by atoms with Gasteiger partial charge in [-0.2, -0.15) is 0 Å². The molecule has 0 saturated carbocycles.